The largest absolute Gasteiger partial charge is 0.463 e. The minimum atomic E-state index is 0.0840. The van der Waals surface area contributed by atoms with E-state index in [1.54, 1.807) is 6.26 Å². The minimum absolute atomic E-state index is 0.0840. The molecule has 2 heterocycles. The first-order chi connectivity index (χ1) is 6.27. The van der Waals surface area contributed by atoms with Crippen molar-refractivity contribution in [2.75, 3.05) is 13.1 Å². The maximum atomic E-state index is 5.79. The molecule has 3 nitrogen and oxygen atoms in total. The summed E-state index contributed by atoms with van der Waals surface area (Å²) in [5, 5.41) is 3.23. The summed E-state index contributed by atoms with van der Waals surface area (Å²) in [6, 6.07) is 1.97. The minimum Gasteiger partial charge on any atom is -0.463 e. The van der Waals surface area contributed by atoms with E-state index in [1.807, 2.05) is 12.1 Å². The topological polar surface area (TPSA) is 51.2 Å². The molecule has 0 spiro atoms. The molecular formula is C9H11BrN2O. The molecule has 0 saturated carbocycles. The van der Waals surface area contributed by atoms with Crippen LogP contribution in [0.3, 0.4) is 0 Å². The van der Waals surface area contributed by atoms with Crippen LogP contribution >= 0.6 is 15.9 Å². The Morgan fingerprint density at radius 3 is 3.08 bits per heavy atom. The molecule has 1 aromatic rings. The van der Waals surface area contributed by atoms with Gasteiger partial charge in [0.15, 0.2) is 0 Å². The fraction of sp³-hybridized carbons (Fsp3) is 0.333. The van der Waals surface area contributed by atoms with E-state index in [-0.39, 0.29) is 6.04 Å². The van der Waals surface area contributed by atoms with Crippen LogP contribution in [0.2, 0.25) is 0 Å². The third kappa shape index (κ3) is 1.85. The quantitative estimate of drug-likeness (QED) is 0.782. The van der Waals surface area contributed by atoms with Crippen molar-refractivity contribution in [1.82, 2.24) is 5.32 Å². The van der Waals surface area contributed by atoms with E-state index < -0.39 is 0 Å². The number of hydrogen-bond donors (Lipinski definition) is 2. The van der Waals surface area contributed by atoms with Gasteiger partial charge in [-0.2, -0.15) is 0 Å². The molecule has 3 N–H and O–H groups in total. The highest BCUT2D eigenvalue weighted by Crippen LogP contribution is 2.26. The molecule has 70 valence electrons. The number of halogens is 1. The first kappa shape index (κ1) is 8.99. The van der Waals surface area contributed by atoms with Crippen LogP contribution in [0, 0.1) is 0 Å². The van der Waals surface area contributed by atoms with Crippen molar-refractivity contribution < 1.29 is 4.42 Å². The van der Waals surface area contributed by atoms with Gasteiger partial charge in [-0.25, -0.2) is 0 Å². The molecular weight excluding hydrogens is 232 g/mol. The van der Waals surface area contributed by atoms with Crippen LogP contribution in [0.15, 0.2) is 27.3 Å². The zero-order valence-electron chi connectivity index (χ0n) is 7.09. The first-order valence-corrected chi connectivity index (χ1v) is 4.97. The van der Waals surface area contributed by atoms with Crippen LogP contribution in [0.5, 0.6) is 0 Å². The van der Waals surface area contributed by atoms with E-state index in [4.69, 9.17) is 10.2 Å². The Morgan fingerprint density at radius 2 is 2.46 bits per heavy atom. The number of nitrogens with one attached hydrogen (secondary N) is 1. The number of hydrogen-bond acceptors (Lipinski definition) is 3. The highest BCUT2D eigenvalue weighted by molar-refractivity contribution is 9.10. The monoisotopic (exact) mass is 242 g/mol. The normalized spacial score (nSPS) is 22.9. The molecule has 0 bridgehead atoms. The van der Waals surface area contributed by atoms with Gasteiger partial charge in [0.05, 0.1) is 10.7 Å². The summed E-state index contributed by atoms with van der Waals surface area (Å²) < 4.78 is 6.32. The first-order valence-electron chi connectivity index (χ1n) is 4.18. The second kappa shape index (κ2) is 3.65. The van der Waals surface area contributed by atoms with E-state index in [0.717, 1.165) is 28.9 Å². The van der Waals surface area contributed by atoms with Crippen molar-refractivity contribution in [3.63, 3.8) is 0 Å². The lowest BCUT2D eigenvalue weighted by atomic mass is 10.1. The molecule has 1 aromatic heterocycles. The van der Waals surface area contributed by atoms with Gasteiger partial charge in [-0.05, 0) is 22.0 Å². The molecule has 13 heavy (non-hydrogen) atoms. The molecule has 1 aliphatic heterocycles. The number of nitrogens with two attached hydrogens (primary N) is 1. The maximum Gasteiger partial charge on any atom is 0.145 e. The molecule has 2 rings (SSSR count). The van der Waals surface area contributed by atoms with E-state index in [1.165, 1.54) is 0 Å². The van der Waals surface area contributed by atoms with Crippen molar-refractivity contribution in [2.24, 2.45) is 5.73 Å². The van der Waals surface area contributed by atoms with E-state index in [9.17, 15) is 0 Å². The predicted molar refractivity (Wildman–Crippen MR) is 55.2 cm³/mol. The summed E-state index contributed by atoms with van der Waals surface area (Å²) in [7, 11) is 0. The standard InChI is InChI=1S/C9H11BrN2O/c10-8-1-2-13-9(8)6-3-7(11)5-12-4-6/h1-3,7,12H,4-5,11H2. The van der Waals surface area contributed by atoms with E-state index in [2.05, 4.69) is 21.2 Å². The smallest absolute Gasteiger partial charge is 0.145 e. The Labute approximate surface area is 85.1 Å². The third-order valence-electron chi connectivity index (χ3n) is 2.02. The van der Waals surface area contributed by atoms with Crippen LogP contribution in [0.4, 0.5) is 0 Å². The van der Waals surface area contributed by atoms with Gasteiger partial charge >= 0.3 is 0 Å². The summed E-state index contributed by atoms with van der Waals surface area (Å²) in [6.45, 7) is 1.65. The molecule has 0 aromatic carbocycles. The van der Waals surface area contributed by atoms with Crippen LogP contribution in [0.1, 0.15) is 5.76 Å². The second-order valence-electron chi connectivity index (χ2n) is 3.08. The molecule has 0 aliphatic carbocycles. The average Bonchev–Trinajstić information content (AvgIpc) is 2.51. The Bertz CT molecular complexity index is 332. The van der Waals surface area contributed by atoms with Crippen molar-refractivity contribution in [2.45, 2.75) is 6.04 Å². The van der Waals surface area contributed by atoms with Gasteiger partial charge < -0.3 is 15.5 Å². The predicted octanol–water partition coefficient (Wildman–Crippen LogP) is 1.36. The van der Waals surface area contributed by atoms with Crippen molar-refractivity contribution >= 4 is 21.5 Å². The molecule has 0 fully saturated rings. The Kier molecular flexibility index (Phi) is 2.53. The van der Waals surface area contributed by atoms with Crippen molar-refractivity contribution in [3.8, 4) is 0 Å². The van der Waals surface area contributed by atoms with Crippen LogP contribution in [0.25, 0.3) is 5.57 Å². The molecule has 1 unspecified atom stereocenters. The molecule has 0 amide bonds. The maximum absolute atomic E-state index is 5.79. The van der Waals surface area contributed by atoms with Gasteiger partial charge in [-0.1, -0.05) is 6.08 Å². The lowest BCUT2D eigenvalue weighted by Crippen LogP contribution is -2.37. The summed E-state index contributed by atoms with van der Waals surface area (Å²) in [5.74, 6) is 0.877. The van der Waals surface area contributed by atoms with E-state index in [0.29, 0.717) is 0 Å². The fourth-order valence-electron chi connectivity index (χ4n) is 1.43. The summed E-state index contributed by atoms with van der Waals surface area (Å²) >= 11 is 3.42. The fourth-order valence-corrected chi connectivity index (χ4v) is 1.88. The molecule has 1 atom stereocenters. The molecule has 4 heteroatoms. The van der Waals surface area contributed by atoms with Gasteiger partial charge in [-0.3, -0.25) is 0 Å². The average molecular weight is 243 g/mol. The highest BCUT2D eigenvalue weighted by Gasteiger charge is 2.15. The summed E-state index contributed by atoms with van der Waals surface area (Å²) in [5.41, 5.74) is 6.91. The Balaban J connectivity index is 2.30. The zero-order valence-corrected chi connectivity index (χ0v) is 8.67. The van der Waals surface area contributed by atoms with Crippen molar-refractivity contribution in [1.29, 1.82) is 0 Å². The highest BCUT2D eigenvalue weighted by atomic mass is 79.9. The third-order valence-corrected chi connectivity index (χ3v) is 2.64. The zero-order chi connectivity index (χ0) is 9.26. The van der Waals surface area contributed by atoms with Gasteiger partial charge in [0.1, 0.15) is 5.76 Å². The van der Waals surface area contributed by atoms with Crippen LogP contribution < -0.4 is 11.1 Å². The van der Waals surface area contributed by atoms with Gasteiger partial charge in [-0.15, -0.1) is 0 Å². The Hall–Kier alpha value is -0.580. The number of furan rings is 1. The SMILES string of the molecule is NC1C=C(c2occc2Br)CNC1. The molecule has 0 radical (unpaired) electrons. The Morgan fingerprint density at radius 1 is 1.62 bits per heavy atom. The van der Waals surface area contributed by atoms with Gasteiger partial charge in [0, 0.05) is 24.7 Å². The lowest BCUT2D eigenvalue weighted by Gasteiger charge is -2.17. The van der Waals surface area contributed by atoms with Crippen LogP contribution in [-0.4, -0.2) is 19.1 Å². The van der Waals surface area contributed by atoms with Crippen molar-refractivity contribution in [3.05, 3.63) is 28.6 Å². The number of rotatable bonds is 1. The molecule has 0 saturated heterocycles. The van der Waals surface area contributed by atoms with Gasteiger partial charge in [0.25, 0.3) is 0 Å². The van der Waals surface area contributed by atoms with Crippen LogP contribution in [-0.2, 0) is 0 Å². The van der Waals surface area contributed by atoms with Gasteiger partial charge in [0.2, 0.25) is 0 Å². The summed E-state index contributed by atoms with van der Waals surface area (Å²) in [4.78, 5) is 0. The second-order valence-corrected chi connectivity index (χ2v) is 3.94. The van der Waals surface area contributed by atoms with E-state index >= 15 is 0 Å². The summed E-state index contributed by atoms with van der Waals surface area (Å²) in [6.07, 6.45) is 3.71. The lowest BCUT2D eigenvalue weighted by molar-refractivity contribution is 0.542. The molecule has 1 aliphatic rings.